The van der Waals surface area contributed by atoms with Crippen molar-refractivity contribution in [3.8, 4) is 5.75 Å². The zero-order chi connectivity index (χ0) is 35.2. The third kappa shape index (κ3) is 12.6. The molecule has 1 aromatic carbocycles. The Morgan fingerprint density at radius 3 is 2.18 bits per heavy atom. The van der Waals surface area contributed by atoms with Gasteiger partial charge < -0.3 is 38.3 Å². The van der Waals surface area contributed by atoms with Crippen molar-refractivity contribution in [3.05, 3.63) is 54.1 Å². The van der Waals surface area contributed by atoms with Gasteiger partial charge in [-0.3, -0.25) is 4.79 Å². The van der Waals surface area contributed by atoms with E-state index in [-0.39, 0.29) is 55.4 Å². The van der Waals surface area contributed by atoms with E-state index in [0.717, 1.165) is 63.5 Å². The Morgan fingerprint density at radius 1 is 0.900 bits per heavy atom. The predicted octanol–water partition coefficient (Wildman–Crippen LogP) is 8.21. The fraction of sp³-hybridized carbons (Fsp3) is 0.711. The molecule has 3 aliphatic heterocycles. The van der Waals surface area contributed by atoms with Crippen molar-refractivity contribution < 1.29 is 56.2 Å². The second kappa shape index (κ2) is 19.9. The van der Waals surface area contributed by atoms with E-state index in [2.05, 4.69) is 12.2 Å². The molecule has 0 radical (unpaired) electrons. The molecule has 0 bridgehead atoms. The van der Waals surface area contributed by atoms with E-state index in [1.165, 1.54) is 12.1 Å². The van der Waals surface area contributed by atoms with Crippen LogP contribution in [-0.2, 0) is 39.4 Å². The van der Waals surface area contributed by atoms with Crippen LogP contribution in [0.25, 0.3) is 0 Å². The van der Waals surface area contributed by atoms with Gasteiger partial charge in [0.1, 0.15) is 18.5 Å². The smallest absolute Gasteiger partial charge is 0.416 e. The van der Waals surface area contributed by atoms with Crippen LogP contribution in [0.5, 0.6) is 5.75 Å². The van der Waals surface area contributed by atoms with Crippen molar-refractivity contribution >= 4 is 5.97 Å². The van der Waals surface area contributed by atoms with E-state index in [0.29, 0.717) is 51.9 Å². The maximum absolute atomic E-state index is 13.4. The van der Waals surface area contributed by atoms with Gasteiger partial charge in [0.15, 0.2) is 18.9 Å². The molecule has 3 saturated heterocycles. The minimum atomic E-state index is -4.48. The van der Waals surface area contributed by atoms with E-state index >= 15 is 0 Å². The van der Waals surface area contributed by atoms with Crippen molar-refractivity contribution in [1.29, 1.82) is 0 Å². The number of allylic oxidation sites excluding steroid dienone is 2. The number of carboxylic acids is 1. The molecule has 0 spiro atoms. The Bertz CT molecular complexity index is 1210. The summed E-state index contributed by atoms with van der Waals surface area (Å²) in [5, 5.41) is 9.03. The van der Waals surface area contributed by atoms with Gasteiger partial charge in [-0.15, -0.1) is 0 Å². The lowest BCUT2D eigenvalue weighted by atomic mass is 9.89. The summed E-state index contributed by atoms with van der Waals surface area (Å²) < 4.78 is 83.6. The topological polar surface area (TPSA) is 102 Å². The van der Waals surface area contributed by atoms with Gasteiger partial charge in [-0.05, 0) is 101 Å². The van der Waals surface area contributed by atoms with Gasteiger partial charge in [-0.1, -0.05) is 30.4 Å². The highest BCUT2D eigenvalue weighted by molar-refractivity contribution is 5.66. The number of ether oxygens (including phenoxy) is 7. The van der Waals surface area contributed by atoms with Crippen molar-refractivity contribution in [3.63, 3.8) is 0 Å². The van der Waals surface area contributed by atoms with E-state index in [1.54, 1.807) is 0 Å². The maximum Gasteiger partial charge on any atom is 0.416 e. The number of carbonyl (C=O) groups is 1. The number of carboxylic acid groups (broad SMARTS) is 1. The van der Waals surface area contributed by atoms with Crippen LogP contribution < -0.4 is 4.74 Å². The molecular weight excluding hydrogens is 657 g/mol. The van der Waals surface area contributed by atoms with Gasteiger partial charge in [0, 0.05) is 38.6 Å². The standard InChI is InChI=1S/C38H53F3O9/c39-38(40,41)27-12-11-13-28(24-27)47-26-29(48-35-16-5-8-21-44-35)19-20-31-30(14-3-1-2-4-15-34(42)43)32(49-36-17-6-9-22-45-36)25-33(31)50-37-18-7-10-23-46-37/h1,3,11-13,19-20,24,29-33,35-37H,2,4-10,14-18,21-23,25-26H2,(H,42,43)/b3-1-,20-19+/t29-,30-,31-,32+,33-,35?,36?,37?/m1/s1. The quantitative estimate of drug-likeness (QED) is 0.127. The molecule has 4 fully saturated rings. The molecule has 0 aromatic heterocycles. The van der Waals surface area contributed by atoms with E-state index < -0.39 is 30.1 Å². The summed E-state index contributed by atoms with van der Waals surface area (Å²) in [7, 11) is 0. The number of halogens is 3. The van der Waals surface area contributed by atoms with Gasteiger partial charge in [-0.25, -0.2) is 0 Å². The van der Waals surface area contributed by atoms with Crippen molar-refractivity contribution in [1.82, 2.24) is 0 Å². The third-order valence-corrected chi connectivity index (χ3v) is 9.72. The Balaban J connectivity index is 1.36. The lowest BCUT2D eigenvalue weighted by molar-refractivity contribution is -0.203. The van der Waals surface area contributed by atoms with Crippen LogP contribution in [0, 0.1) is 11.8 Å². The molecule has 9 nitrogen and oxygen atoms in total. The molecule has 50 heavy (non-hydrogen) atoms. The molecule has 3 heterocycles. The van der Waals surface area contributed by atoms with Crippen LogP contribution in [0.15, 0.2) is 48.6 Å². The SMILES string of the molecule is O=C(O)CCC/C=C\C[C@@H]1[C@@H](/C=C/[C@H](COc2cccc(C(F)(F)F)c2)OC2CCCCO2)[C@H](OC2CCCCO2)C[C@@H]1OC1CCCCO1. The summed E-state index contributed by atoms with van der Waals surface area (Å²) in [5.41, 5.74) is -0.777. The Labute approximate surface area is 293 Å². The van der Waals surface area contributed by atoms with Gasteiger partial charge in [0.25, 0.3) is 0 Å². The van der Waals surface area contributed by atoms with Crippen molar-refractivity contribution in [2.75, 3.05) is 26.4 Å². The highest BCUT2D eigenvalue weighted by atomic mass is 19.4. The molecule has 280 valence electrons. The maximum atomic E-state index is 13.4. The van der Waals surface area contributed by atoms with Crippen LogP contribution >= 0.6 is 0 Å². The van der Waals surface area contributed by atoms with E-state index in [1.807, 2.05) is 12.2 Å². The molecule has 0 amide bonds. The Morgan fingerprint density at radius 2 is 1.56 bits per heavy atom. The molecule has 5 rings (SSSR count). The lowest BCUT2D eigenvalue weighted by Gasteiger charge is -2.30. The minimum Gasteiger partial charge on any atom is -0.491 e. The third-order valence-electron chi connectivity index (χ3n) is 9.72. The van der Waals surface area contributed by atoms with Crippen LogP contribution in [-0.4, -0.2) is 74.7 Å². The Hall–Kier alpha value is -2.48. The summed E-state index contributed by atoms with van der Waals surface area (Å²) in [6.45, 7) is 1.89. The van der Waals surface area contributed by atoms with Crippen LogP contribution in [0.1, 0.15) is 95.5 Å². The highest BCUT2D eigenvalue weighted by Crippen LogP contribution is 2.42. The summed E-state index contributed by atoms with van der Waals surface area (Å²) in [6, 6.07) is 4.85. The van der Waals surface area contributed by atoms with Crippen molar-refractivity contribution in [2.24, 2.45) is 11.8 Å². The number of unbranched alkanes of at least 4 members (excludes halogenated alkanes) is 1. The lowest BCUT2D eigenvalue weighted by Crippen LogP contribution is -2.32. The largest absolute Gasteiger partial charge is 0.491 e. The van der Waals surface area contributed by atoms with Gasteiger partial charge in [0.05, 0.1) is 17.8 Å². The van der Waals surface area contributed by atoms with Crippen LogP contribution in [0.4, 0.5) is 13.2 Å². The second-order valence-corrected chi connectivity index (χ2v) is 13.6. The fourth-order valence-electron chi connectivity index (χ4n) is 7.08. The summed E-state index contributed by atoms with van der Waals surface area (Å²) in [4.78, 5) is 11.0. The zero-order valence-corrected chi connectivity index (χ0v) is 28.8. The van der Waals surface area contributed by atoms with E-state index in [9.17, 15) is 18.0 Å². The molecule has 1 saturated carbocycles. The minimum absolute atomic E-state index is 0.00829. The van der Waals surface area contributed by atoms with Crippen LogP contribution in [0.2, 0.25) is 0 Å². The van der Waals surface area contributed by atoms with Crippen molar-refractivity contribution in [2.45, 2.75) is 133 Å². The average molecular weight is 711 g/mol. The number of rotatable bonds is 17. The molecule has 3 unspecified atom stereocenters. The first-order chi connectivity index (χ1) is 24.2. The van der Waals surface area contributed by atoms with Gasteiger partial charge in [-0.2, -0.15) is 13.2 Å². The number of aliphatic carboxylic acids is 1. The fourth-order valence-corrected chi connectivity index (χ4v) is 7.08. The average Bonchev–Trinajstić information content (AvgIpc) is 3.42. The monoisotopic (exact) mass is 710 g/mol. The van der Waals surface area contributed by atoms with Crippen LogP contribution in [0.3, 0.4) is 0 Å². The molecule has 1 N–H and O–H groups in total. The van der Waals surface area contributed by atoms with Gasteiger partial charge >= 0.3 is 12.1 Å². The van der Waals surface area contributed by atoms with E-state index in [4.69, 9.17) is 38.3 Å². The summed E-state index contributed by atoms with van der Waals surface area (Å²) in [5.74, 6) is -0.797. The first-order valence-corrected chi connectivity index (χ1v) is 18.4. The second-order valence-electron chi connectivity index (χ2n) is 13.6. The molecule has 1 aliphatic carbocycles. The normalized spacial score (nSPS) is 30.2. The molecular formula is C38H53F3O9. The number of hydrogen-bond acceptors (Lipinski definition) is 8. The summed E-state index contributed by atoms with van der Waals surface area (Å²) >= 11 is 0. The highest BCUT2D eigenvalue weighted by Gasteiger charge is 2.45. The first-order valence-electron chi connectivity index (χ1n) is 18.4. The zero-order valence-electron chi connectivity index (χ0n) is 28.8. The summed E-state index contributed by atoms with van der Waals surface area (Å²) in [6.07, 6.45) is 12.7. The molecule has 4 aliphatic rings. The molecule has 1 aromatic rings. The Kier molecular flexibility index (Phi) is 15.5. The first kappa shape index (κ1) is 38.7. The number of benzene rings is 1. The number of alkyl halides is 3. The number of hydrogen-bond donors (Lipinski definition) is 1. The van der Waals surface area contributed by atoms with Gasteiger partial charge in [0.2, 0.25) is 0 Å². The molecule has 12 heteroatoms. The predicted molar refractivity (Wildman–Crippen MR) is 178 cm³/mol. The molecule has 8 atom stereocenters.